The predicted molar refractivity (Wildman–Crippen MR) is 67.7 cm³/mol. The van der Waals surface area contributed by atoms with Gasteiger partial charge in [-0.2, -0.15) is 0 Å². The van der Waals surface area contributed by atoms with Crippen molar-refractivity contribution >= 4 is 16.5 Å². The fourth-order valence-electron chi connectivity index (χ4n) is 1.33. The standard InChI is InChI=1S/C11H21N3S/c1-5-14(6-2)11-13-10(8-15-11)7-12-9(3)4/h8-9,12H,5-7H2,1-4H3. The van der Waals surface area contributed by atoms with Gasteiger partial charge in [-0.1, -0.05) is 13.8 Å². The molecule has 0 spiro atoms. The molecule has 0 saturated carbocycles. The molecule has 0 unspecified atom stereocenters. The molecular weight excluding hydrogens is 206 g/mol. The molecule has 0 aliphatic heterocycles. The first-order valence-corrected chi connectivity index (χ1v) is 6.48. The molecule has 1 rings (SSSR count). The van der Waals surface area contributed by atoms with Gasteiger partial charge < -0.3 is 10.2 Å². The molecular formula is C11H21N3S. The lowest BCUT2D eigenvalue weighted by Gasteiger charge is -2.16. The quantitative estimate of drug-likeness (QED) is 0.809. The van der Waals surface area contributed by atoms with E-state index in [0.717, 1.165) is 30.5 Å². The maximum atomic E-state index is 4.61. The van der Waals surface area contributed by atoms with Crippen LogP contribution in [0.25, 0.3) is 0 Å². The second kappa shape index (κ2) is 6.08. The lowest BCUT2D eigenvalue weighted by Crippen LogP contribution is -2.23. The monoisotopic (exact) mass is 227 g/mol. The molecule has 15 heavy (non-hydrogen) atoms. The molecule has 1 aromatic rings. The van der Waals surface area contributed by atoms with Crippen molar-refractivity contribution in [3.05, 3.63) is 11.1 Å². The van der Waals surface area contributed by atoms with Crippen LogP contribution < -0.4 is 10.2 Å². The van der Waals surface area contributed by atoms with E-state index in [4.69, 9.17) is 0 Å². The third kappa shape index (κ3) is 3.80. The third-order valence-electron chi connectivity index (χ3n) is 2.27. The number of nitrogens with zero attached hydrogens (tertiary/aromatic N) is 2. The predicted octanol–water partition coefficient (Wildman–Crippen LogP) is 2.49. The highest BCUT2D eigenvalue weighted by molar-refractivity contribution is 7.13. The Bertz CT molecular complexity index is 279. The van der Waals surface area contributed by atoms with E-state index in [1.807, 2.05) is 0 Å². The van der Waals surface area contributed by atoms with Gasteiger partial charge in [0.25, 0.3) is 0 Å². The first kappa shape index (κ1) is 12.5. The van der Waals surface area contributed by atoms with E-state index in [1.54, 1.807) is 11.3 Å². The lowest BCUT2D eigenvalue weighted by atomic mass is 10.4. The summed E-state index contributed by atoms with van der Waals surface area (Å²) < 4.78 is 0. The summed E-state index contributed by atoms with van der Waals surface area (Å²) in [5.74, 6) is 0. The van der Waals surface area contributed by atoms with Crippen molar-refractivity contribution < 1.29 is 0 Å². The number of hydrogen-bond acceptors (Lipinski definition) is 4. The van der Waals surface area contributed by atoms with Crippen LogP contribution in [-0.2, 0) is 6.54 Å². The normalized spacial score (nSPS) is 11.0. The van der Waals surface area contributed by atoms with Gasteiger partial charge in [0.05, 0.1) is 5.69 Å². The molecule has 1 N–H and O–H groups in total. The van der Waals surface area contributed by atoms with E-state index in [1.165, 1.54) is 0 Å². The average molecular weight is 227 g/mol. The van der Waals surface area contributed by atoms with Gasteiger partial charge in [-0.15, -0.1) is 11.3 Å². The maximum Gasteiger partial charge on any atom is 0.185 e. The number of aromatic nitrogens is 1. The Morgan fingerprint density at radius 2 is 2.07 bits per heavy atom. The molecule has 4 heteroatoms. The van der Waals surface area contributed by atoms with Crippen LogP contribution >= 0.6 is 11.3 Å². The summed E-state index contributed by atoms with van der Waals surface area (Å²) in [4.78, 5) is 6.89. The molecule has 0 aromatic carbocycles. The number of hydrogen-bond donors (Lipinski definition) is 1. The topological polar surface area (TPSA) is 28.2 Å². The molecule has 0 aliphatic rings. The summed E-state index contributed by atoms with van der Waals surface area (Å²) in [6.07, 6.45) is 0. The van der Waals surface area contributed by atoms with Crippen LogP contribution in [0.15, 0.2) is 5.38 Å². The summed E-state index contributed by atoms with van der Waals surface area (Å²) in [7, 11) is 0. The number of nitrogens with one attached hydrogen (secondary N) is 1. The third-order valence-corrected chi connectivity index (χ3v) is 3.22. The van der Waals surface area contributed by atoms with E-state index in [0.29, 0.717) is 6.04 Å². The molecule has 0 fully saturated rings. The summed E-state index contributed by atoms with van der Waals surface area (Å²) in [5, 5.41) is 6.66. The molecule has 1 aromatic heterocycles. The molecule has 0 saturated heterocycles. The highest BCUT2D eigenvalue weighted by Crippen LogP contribution is 2.19. The molecule has 0 aliphatic carbocycles. The van der Waals surface area contributed by atoms with Gasteiger partial charge in [0.1, 0.15) is 0 Å². The summed E-state index contributed by atoms with van der Waals surface area (Å²) in [5.41, 5.74) is 1.15. The second-order valence-corrected chi connectivity index (χ2v) is 4.67. The molecule has 0 amide bonds. The van der Waals surface area contributed by atoms with E-state index < -0.39 is 0 Å². The lowest BCUT2D eigenvalue weighted by molar-refractivity contribution is 0.583. The van der Waals surface area contributed by atoms with Crippen LogP contribution in [0, 0.1) is 0 Å². The van der Waals surface area contributed by atoms with E-state index in [-0.39, 0.29) is 0 Å². The SMILES string of the molecule is CCN(CC)c1nc(CNC(C)C)cs1. The molecule has 0 atom stereocenters. The number of anilines is 1. The van der Waals surface area contributed by atoms with Crippen molar-refractivity contribution in [3.8, 4) is 0 Å². The highest BCUT2D eigenvalue weighted by Gasteiger charge is 2.07. The van der Waals surface area contributed by atoms with Crippen LogP contribution in [0.4, 0.5) is 5.13 Å². The van der Waals surface area contributed by atoms with E-state index in [9.17, 15) is 0 Å². The van der Waals surface area contributed by atoms with E-state index >= 15 is 0 Å². The summed E-state index contributed by atoms with van der Waals surface area (Å²) >= 11 is 1.73. The van der Waals surface area contributed by atoms with Crippen molar-refractivity contribution in [2.75, 3.05) is 18.0 Å². The van der Waals surface area contributed by atoms with Gasteiger partial charge in [-0.05, 0) is 13.8 Å². The van der Waals surface area contributed by atoms with Crippen LogP contribution in [0.3, 0.4) is 0 Å². The van der Waals surface area contributed by atoms with Crippen LogP contribution in [-0.4, -0.2) is 24.1 Å². The zero-order chi connectivity index (χ0) is 11.3. The number of rotatable bonds is 6. The van der Waals surface area contributed by atoms with Crippen molar-refractivity contribution in [2.45, 2.75) is 40.3 Å². The van der Waals surface area contributed by atoms with Crippen LogP contribution in [0.2, 0.25) is 0 Å². The maximum absolute atomic E-state index is 4.61. The van der Waals surface area contributed by atoms with Gasteiger partial charge in [0.15, 0.2) is 5.13 Å². The minimum atomic E-state index is 0.517. The summed E-state index contributed by atoms with van der Waals surface area (Å²) in [6, 6.07) is 0.517. The van der Waals surface area contributed by atoms with Gasteiger partial charge in [-0.25, -0.2) is 4.98 Å². The highest BCUT2D eigenvalue weighted by atomic mass is 32.1. The fraction of sp³-hybridized carbons (Fsp3) is 0.727. The molecule has 0 radical (unpaired) electrons. The first-order chi connectivity index (χ1) is 7.17. The van der Waals surface area contributed by atoms with Crippen molar-refractivity contribution in [3.63, 3.8) is 0 Å². The molecule has 86 valence electrons. The van der Waals surface area contributed by atoms with Crippen molar-refractivity contribution in [1.82, 2.24) is 10.3 Å². The minimum Gasteiger partial charge on any atom is -0.349 e. The Balaban J connectivity index is 2.55. The first-order valence-electron chi connectivity index (χ1n) is 5.60. The van der Waals surface area contributed by atoms with Crippen LogP contribution in [0.5, 0.6) is 0 Å². The molecule has 3 nitrogen and oxygen atoms in total. The summed E-state index contributed by atoms with van der Waals surface area (Å²) in [6.45, 7) is 11.6. The number of thiazole rings is 1. The van der Waals surface area contributed by atoms with Crippen molar-refractivity contribution in [2.24, 2.45) is 0 Å². The fourth-order valence-corrected chi connectivity index (χ4v) is 2.28. The molecule has 0 bridgehead atoms. The van der Waals surface area contributed by atoms with E-state index in [2.05, 4.69) is 48.3 Å². The zero-order valence-corrected chi connectivity index (χ0v) is 10.9. The Morgan fingerprint density at radius 3 is 2.60 bits per heavy atom. The van der Waals surface area contributed by atoms with Crippen LogP contribution in [0.1, 0.15) is 33.4 Å². The minimum absolute atomic E-state index is 0.517. The van der Waals surface area contributed by atoms with Gasteiger partial charge in [0.2, 0.25) is 0 Å². The van der Waals surface area contributed by atoms with Gasteiger partial charge >= 0.3 is 0 Å². The average Bonchev–Trinajstić information content (AvgIpc) is 2.65. The Hall–Kier alpha value is -0.610. The second-order valence-electron chi connectivity index (χ2n) is 3.83. The Kier molecular flexibility index (Phi) is 5.05. The zero-order valence-electron chi connectivity index (χ0n) is 10.1. The molecule has 1 heterocycles. The van der Waals surface area contributed by atoms with Crippen molar-refractivity contribution in [1.29, 1.82) is 0 Å². The Morgan fingerprint density at radius 1 is 1.40 bits per heavy atom. The largest absolute Gasteiger partial charge is 0.349 e. The Labute approximate surface area is 96.5 Å². The van der Waals surface area contributed by atoms with Gasteiger partial charge in [0, 0.05) is 31.1 Å². The smallest absolute Gasteiger partial charge is 0.185 e. The van der Waals surface area contributed by atoms with Gasteiger partial charge in [-0.3, -0.25) is 0 Å².